The molecule has 6 nitrogen and oxygen atoms in total. The molecule has 0 spiro atoms. The molecule has 1 aliphatic rings. The third-order valence-corrected chi connectivity index (χ3v) is 5.95. The first-order valence-corrected chi connectivity index (χ1v) is 10.8. The summed E-state index contributed by atoms with van der Waals surface area (Å²) in [6, 6.07) is 19.3. The number of para-hydroxylation sites is 1. The molecule has 5 rings (SSSR count). The van der Waals surface area contributed by atoms with E-state index >= 15 is 0 Å². The maximum Gasteiger partial charge on any atom is 0.236 e. The van der Waals surface area contributed by atoms with Crippen LogP contribution in [0.4, 0.5) is 5.69 Å². The minimum absolute atomic E-state index is 0.0574. The normalized spacial score (nSPS) is 12.2. The van der Waals surface area contributed by atoms with Gasteiger partial charge in [-0.15, -0.1) is 11.3 Å². The quantitative estimate of drug-likeness (QED) is 0.418. The second-order valence-electron chi connectivity index (χ2n) is 7.18. The smallest absolute Gasteiger partial charge is 0.236 e. The number of carbonyl (C=O) groups excluding carboxylic acids is 1. The summed E-state index contributed by atoms with van der Waals surface area (Å²) in [7, 11) is 0. The van der Waals surface area contributed by atoms with Crippen LogP contribution in [0.3, 0.4) is 0 Å². The second-order valence-corrected chi connectivity index (χ2v) is 8.13. The molecule has 0 bridgehead atoms. The van der Waals surface area contributed by atoms with E-state index in [2.05, 4.69) is 4.98 Å². The van der Waals surface area contributed by atoms with Gasteiger partial charge in [-0.2, -0.15) is 0 Å². The topological polar surface area (TPSA) is 64.8 Å². The average molecular weight is 433 g/mol. The highest BCUT2D eigenvalue weighted by atomic mass is 32.1. The third kappa shape index (κ3) is 4.04. The standard InChI is InChI=1S/C24H20N2O4S/c1-16-19(25-24(30-16)22-8-5-11-31-22)13-23(27)26(18-6-3-2-4-7-18)14-17-9-10-20-21(12-17)29-15-28-20/h2-12H,13-15H2,1H3. The molecule has 0 saturated heterocycles. The van der Waals surface area contributed by atoms with Gasteiger partial charge in [0, 0.05) is 5.69 Å². The van der Waals surface area contributed by atoms with Gasteiger partial charge in [0.1, 0.15) is 5.76 Å². The van der Waals surface area contributed by atoms with Crippen molar-refractivity contribution in [3.05, 3.63) is 83.1 Å². The number of aryl methyl sites for hydroxylation is 1. The highest BCUT2D eigenvalue weighted by Gasteiger charge is 2.22. The number of anilines is 1. The highest BCUT2D eigenvalue weighted by molar-refractivity contribution is 7.13. The highest BCUT2D eigenvalue weighted by Crippen LogP contribution is 2.33. The van der Waals surface area contributed by atoms with Crippen LogP contribution >= 0.6 is 11.3 Å². The summed E-state index contributed by atoms with van der Waals surface area (Å²) in [5, 5.41) is 1.97. The second kappa shape index (κ2) is 8.28. The van der Waals surface area contributed by atoms with E-state index in [0.717, 1.165) is 21.9 Å². The number of nitrogens with zero attached hydrogens (tertiary/aromatic N) is 2. The third-order valence-electron chi connectivity index (χ3n) is 5.09. The van der Waals surface area contributed by atoms with Crippen molar-refractivity contribution in [2.24, 2.45) is 0 Å². The van der Waals surface area contributed by atoms with E-state index in [1.165, 1.54) is 0 Å². The first-order chi connectivity index (χ1) is 15.2. The minimum atomic E-state index is -0.0574. The number of oxazole rings is 1. The van der Waals surface area contributed by atoms with Crippen molar-refractivity contribution in [1.82, 2.24) is 4.98 Å². The zero-order valence-corrected chi connectivity index (χ0v) is 17.7. The van der Waals surface area contributed by atoms with Crippen LogP contribution in [0.25, 0.3) is 10.8 Å². The molecule has 0 fully saturated rings. The molecule has 2 aromatic heterocycles. The van der Waals surface area contributed by atoms with E-state index in [1.807, 2.05) is 73.0 Å². The van der Waals surface area contributed by atoms with Crippen molar-refractivity contribution in [2.75, 3.05) is 11.7 Å². The number of benzene rings is 2. The van der Waals surface area contributed by atoms with Crippen LogP contribution in [-0.4, -0.2) is 17.7 Å². The molecule has 4 aromatic rings. The Kier molecular flexibility index (Phi) is 5.18. The van der Waals surface area contributed by atoms with Gasteiger partial charge in [-0.1, -0.05) is 30.3 Å². The summed E-state index contributed by atoms with van der Waals surface area (Å²) in [5.41, 5.74) is 2.43. The van der Waals surface area contributed by atoms with Crippen LogP contribution in [0.1, 0.15) is 17.0 Å². The van der Waals surface area contributed by atoms with Gasteiger partial charge in [-0.05, 0) is 48.2 Å². The van der Waals surface area contributed by atoms with Crippen molar-refractivity contribution in [3.63, 3.8) is 0 Å². The number of aromatic nitrogens is 1. The van der Waals surface area contributed by atoms with Gasteiger partial charge in [0.25, 0.3) is 0 Å². The molecule has 3 heterocycles. The van der Waals surface area contributed by atoms with Crippen LogP contribution in [0, 0.1) is 6.92 Å². The van der Waals surface area contributed by atoms with Gasteiger partial charge in [-0.3, -0.25) is 4.79 Å². The molecule has 1 aliphatic heterocycles. The van der Waals surface area contributed by atoms with Crippen LogP contribution in [0.5, 0.6) is 11.5 Å². The zero-order chi connectivity index (χ0) is 21.2. The number of hydrogen-bond acceptors (Lipinski definition) is 6. The molecule has 7 heteroatoms. The van der Waals surface area contributed by atoms with Gasteiger partial charge in [0.15, 0.2) is 11.5 Å². The van der Waals surface area contributed by atoms with Gasteiger partial charge in [0.2, 0.25) is 18.6 Å². The van der Waals surface area contributed by atoms with Gasteiger partial charge >= 0.3 is 0 Å². The van der Waals surface area contributed by atoms with Crippen molar-refractivity contribution >= 4 is 22.9 Å². The molecule has 0 saturated carbocycles. The molecule has 2 aromatic carbocycles. The van der Waals surface area contributed by atoms with Crippen LogP contribution in [-0.2, 0) is 17.8 Å². The van der Waals surface area contributed by atoms with Crippen molar-refractivity contribution in [2.45, 2.75) is 19.9 Å². The van der Waals surface area contributed by atoms with Crippen molar-refractivity contribution in [3.8, 4) is 22.3 Å². The van der Waals surface area contributed by atoms with Crippen LogP contribution < -0.4 is 14.4 Å². The summed E-state index contributed by atoms with van der Waals surface area (Å²) in [5.74, 6) is 2.58. The fourth-order valence-electron chi connectivity index (χ4n) is 3.49. The van der Waals surface area contributed by atoms with Crippen molar-refractivity contribution in [1.29, 1.82) is 0 Å². The first kappa shape index (κ1) is 19.4. The molecule has 0 radical (unpaired) electrons. The molecular formula is C24H20N2O4S. The molecule has 0 N–H and O–H groups in total. The predicted molar refractivity (Wildman–Crippen MR) is 118 cm³/mol. The maximum atomic E-state index is 13.4. The summed E-state index contributed by atoms with van der Waals surface area (Å²) >= 11 is 1.56. The predicted octanol–water partition coefficient (Wildman–Crippen LogP) is 5.22. The molecule has 0 atom stereocenters. The minimum Gasteiger partial charge on any atom is -0.454 e. The summed E-state index contributed by atoms with van der Waals surface area (Å²) in [6.45, 7) is 2.48. The maximum absolute atomic E-state index is 13.4. The zero-order valence-electron chi connectivity index (χ0n) is 16.9. The lowest BCUT2D eigenvalue weighted by atomic mass is 10.1. The monoisotopic (exact) mass is 432 g/mol. The SMILES string of the molecule is Cc1oc(-c2cccs2)nc1CC(=O)N(Cc1ccc2c(c1)OCO2)c1ccccc1. The molecule has 156 valence electrons. The number of fused-ring (bicyclic) bond motifs is 1. The Balaban J connectivity index is 1.41. The lowest BCUT2D eigenvalue weighted by Gasteiger charge is -2.23. The number of ether oxygens (including phenoxy) is 2. The number of hydrogen-bond donors (Lipinski definition) is 0. The number of amides is 1. The van der Waals surface area contributed by atoms with E-state index in [-0.39, 0.29) is 19.1 Å². The lowest BCUT2D eigenvalue weighted by molar-refractivity contribution is -0.118. The Hall–Kier alpha value is -3.58. The van der Waals surface area contributed by atoms with E-state index in [9.17, 15) is 4.79 Å². The fourth-order valence-corrected chi connectivity index (χ4v) is 4.14. The lowest BCUT2D eigenvalue weighted by Crippen LogP contribution is -2.32. The van der Waals surface area contributed by atoms with Crippen molar-refractivity contribution < 1.29 is 18.7 Å². The molecule has 31 heavy (non-hydrogen) atoms. The molecular weight excluding hydrogens is 412 g/mol. The van der Waals surface area contributed by atoms with E-state index in [4.69, 9.17) is 13.9 Å². The molecule has 0 unspecified atom stereocenters. The van der Waals surface area contributed by atoms with E-state index in [1.54, 1.807) is 16.2 Å². The average Bonchev–Trinajstić information content (AvgIpc) is 3.54. The first-order valence-electron chi connectivity index (χ1n) is 9.91. The van der Waals surface area contributed by atoms with Crippen LogP contribution in [0.2, 0.25) is 0 Å². The fraction of sp³-hybridized carbons (Fsp3) is 0.167. The Morgan fingerprint density at radius 3 is 2.71 bits per heavy atom. The summed E-state index contributed by atoms with van der Waals surface area (Å²) in [4.78, 5) is 20.7. The Morgan fingerprint density at radius 2 is 1.90 bits per heavy atom. The summed E-state index contributed by atoms with van der Waals surface area (Å²) in [6.07, 6.45) is 0.153. The Morgan fingerprint density at radius 1 is 1.06 bits per heavy atom. The molecule has 1 amide bonds. The number of thiophene rings is 1. The number of rotatable bonds is 6. The largest absolute Gasteiger partial charge is 0.454 e. The van der Waals surface area contributed by atoms with E-state index < -0.39 is 0 Å². The van der Waals surface area contributed by atoms with Gasteiger partial charge < -0.3 is 18.8 Å². The van der Waals surface area contributed by atoms with Gasteiger partial charge in [-0.25, -0.2) is 4.98 Å². The van der Waals surface area contributed by atoms with Crippen LogP contribution in [0.15, 0.2) is 70.5 Å². The Bertz CT molecular complexity index is 1200. The summed E-state index contributed by atoms with van der Waals surface area (Å²) < 4.78 is 16.7. The number of carbonyl (C=O) groups is 1. The molecule has 0 aliphatic carbocycles. The van der Waals surface area contributed by atoms with Gasteiger partial charge in [0.05, 0.1) is 23.5 Å². The van der Waals surface area contributed by atoms with E-state index in [0.29, 0.717) is 29.6 Å². The Labute approximate surface area is 183 Å².